The highest BCUT2D eigenvalue weighted by atomic mass is 19.4. The van der Waals surface area contributed by atoms with Crippen molar-refractivity contribution in [2.75, 3.05) is 32.8 Å². The van der Waals surface area contributed by atoms with Gasteiger partial charge in [0.25, 0.3) is 0 Å². The Labute approximate surface area is 109 Å². The van der Waals surface area contributed by atoms with Crippen LogP contribution in [-0.2, 0) is 9.53 Å². The number of carbonyl (C=O) groups excluding carboxylic acids is 1. The van der Waals surface area contributed by atoms with E-state index in [1.165, 1.54) is 4.90 Å². The minimum absolute atomic E-state index is 0.00595. The van der Waals surface area contributed by atoms with Gasteiger partial charge in [0.1, 0.15) is 6.61 Å². The van der Waals surface area contributed by atoms with E-state index in [0.717, 1.165) is 6.08 Å². The first-order valence-corrected chi connectivity index (χ1v) is 6.19. The van der Waals surface area contributed by atoms with Gasteiger partial charge in [-0.3, -0.25) is 4.79 Å². The fraction of sp³-hybridized carbons (Fsp3) is 0.750. The fourth-order valence-electron chi connectivity index (χ4n) is 2.06. The van der Waals surface area contributed by atoms with Crippen molar-refractivity contribution in [2.24, 2.45) is 0 Å². The van der Waals surface area contributed by atoms with Gasteiger partial charge in [-0.1, -0.05) is 6.08 Å². The summed E-state index contributed by atoms with van der Waals surface area (Å²) in [5.74, 6) is -0.259. The zero-order valence-electron chi connectivity index (χ0n) is 10.7. The lowest BCUT2D eigenvalue weighted by atomic mass is 10.0. The van der Waals surface area contributed by atoms with Crippen LogP contribution in [0.15, 0.2) is 11.6 Å². The Morgan fingerprint density at radius 1 is 1.53 bits per heavy atom. The predicted molar refractivity (Wildman–Crippen MR) is 62.6 cm³/mol. The SMILES string of the molecule is CC1(OCC(=O)N2CC=C(C(F)(F)F)CC2)CNC1. The Bertz CT molecular complexity index is 389. The van der Waals surface area contributed by atoms with Crippen LogP contribution in [0.4, 0.5) is 13.2 Å². The number of hydrogen-bond acceptors (Lipinski definition) is 3. The predicted octanol–water partition coefficient (Wildman–Crippen LogP) is 1.09. The lowest BCUT2D eigenvalue weighted by Gasteiger charge is -2.39. The summed E-state index contributed by atoms with van der Waals surface area (Å²) >= 11 is 0. The number of hydrogen-bond donors (Lipinski definition) is 1. The Hall–Kier alpha value is -1.08. The highest BCUT2D eigenvalue weighted by molar-refractivity contribution is 5.77. The molecule has 0 saturated carbocycles. The van der Waals surface area contributed by atoms with Crippen LogP contribution in [0.2, 0.25) is 0 Å². The standard InChI is InChI=1S/C12H17F3N2O2/c1-11(7-16-8-11)19-6-10(18)17-4-2-9(3-5-17)12(13,14)15/h2,16H,3-8H2,1H3. The molecule has 0 aromatic heterocycles. The Morgan fingerprint density at radius 2 is 2.21 bits per heavy atom. The van der Waals surface area contributed by atoms with Gasteiger partial charge >= 0.3 is 6.18 Å². The molecule has 2 aliphatic heterocycles. The maximum absolute atomic E-state index is 12.4. The second-order valence-corrected chi connectivity index (χ2v) is 5.16. The van der Waals surface area contributed by atoms with E-state index < -0.39 is 11.7 Å². The van der Waals surface area contributed by atoms with Gasteiger partial charge in [0.2, 0.25) is 5.91 Å². The molecule has 1 N–H and O–H groups in total. The zero-order valence-corrected chi connectivity index (χ0v) is 10.7. The van der Waals surface area contributed by atoms with Crippen LogP contribution < -0.4 is 5.32 Å². The van der Waals surface area contributed by atoms with Crippen LogP contribution in [0.25, 0.3) is 0 Å². The van der Waals surface area contributed by atoms with Crippen molar-refractivity contribution in [3.8, 4) is 0 Å². The summed E-state index contributed by atoms with van der Waals surface area (Å²) in [6.07, 6.45) is -3.35. The van der Waals surface area contributed by atoms with E-state index in [9.17, 15) is 18.0 Å². The molecular weight excluding hydrogens is 261 g/mol. The van der Waals surface area contributed by atoms with Gasteiger partial charge in [0, 0.05) is 31.8 Å². The molecule has 1 saturated heterocycles. The number of amides is 1. The molecule has 7 heteroatoms. The molecule has 19 heavy (non-hydrogen) atoms. The van der Waals surface area contributed by atoms with E-state index >= 15 is 0 Å². The minimum Gasteiger partial charge on any atom is -0.363 e. The second kappa shape index (κ2) is 5.13. The van der Waals surface area contributed by atoms with Crippen molar-refractivity contribution < 1.29 is 22.7 Å². The number of nitrogens with zero attached hydrogens (tertiary/aromatic N) is 1. The maximum atomic E-state index is 12.4. The smallest absolute Gasteiger partial charge is 0.363 e. The lowest BCUT2D eigenvalue weighted by molar-refractivity contribution is -0.146. The molecule has 1 fully saturated rings. The van der Waals surface area contributed by atoms with Crippen LogP contribution in [-0.4, -0.2) is 55.4 Å². The van der Waals surface area contributed by atoms with Crippen molar-refractivity contribution in [3.05, 3.63) is 11.6 Å². The third-order valence-corrected chi connectivity index (χ3v) is 3.47. The molecule has 0 aromatic carbocycles. The van der Waals surface area contributed by atoms with Crippen LogP contribution in [0.1, 0.15) is 13.3 Å². The molecule has 0 spiro atoms. The van der Waals surface area contributed by atoms with Gasteiger partial charge in [0.05, 0.1) is 5.60 Å². The first kappa shape index (κ1) is 14.3. The third-order valence-electron chi connectivity index (χ3n) is 3.47. The van der Waals surface area contributed by atoms with Crippen LogP contribution >= 0.6 is 0 Å². The Balaban J connectivity index is 1.80. The first-order chi connectivity index (χ1) is 8.80. The molecule has 2 heterocycles. The quantitative estimate of drug-likeness (QED) is 0.786. The largest absolute Gasteiger partial charge is 0.412 e. The molecule has 0 unspecified atom stereocenters. The van der Waals surface area contributed by atoms with E-state index in [2.05, 4.69) is 5.32 Å². The van der Waals surface area contributed by atoms with Gasteiger partial charge in [-0.2, -0.15) is 13.2 Å². The van der Waals surface area contributed by atoms with E-state index in [4.69, 9.17) is 4.74 Å². The van der Waals surface area contributed by atoms with Crippen LogP contribution in [0.3, 0.4) is 0 Å². The molecule has 108 valence electrons. The summed E-state index contributed by atoms with van der Waals surface area (Å²) in [5.41, 5.74) is -0.870. The summed E-state index contributed by atoms with van der Waals surface area (Å²) < 4.78 is 42.7. The molecule has 2 aliphatic rings. The number of halogens is 3. The highest BCUT2D eigenvalue weighted by Crippen LogP contribution is 2.30. The topological polar surface area (TPSA) is 41.6 Å². The maximum Gasteiger partial charge on any atom is 0.412 e. The van der Waals surface area contributed by atoms with Crippen LogP contribution in [0, 0.1) is 0 Å². The summed E-state index contributed by atoms with van der Waals surface area (Å²) in [5, 5.41) is 3.04. The summed E-state index contributed by atoms with van der Waals surface area (Å²) in [6, 6.07) is 0. The average Bonchev–Trinajstić information content (AvgIpc) is 2.33. The lowest BCUT2D eigenvalue weighted by Crippen LogP contribution is -2.59. The van der Waals surface area contributed by atoms with Crippen molar-refractivity contribution >= 4 is 5.91 Å². The fourth-order valence-corrected chi connectivity index (χ4v) is 2.06. The molecule has 0 aliphatic carbocycles. The van der Waals surface area contributed by atoms with Crippen molar-refractivity contribution in [3.63, 3.8) is 0 Å². The van der Waals surface area contributed by atoms with Gasteiger partial charge in [-0.25, -0.2) is 0 Å². The minimum atomic E-state index is -4.28. The number of carbonyl (C=O) groups is 1. The first-order valence-electron chi connectivity index (χ1n) is 6.19. The highest BCUT2D eigenvalue weighted by Gasteiger charge is 2.36. The van der Waals surface area contributed by atoms with Crippen molar-refractivity contribution in [1.82, 2.24) is 10.2 Å². The van der Waals surface area contributed by atoms with Crippen LogP contribution in [0.5, 0.6) is 0 Å². The number of alkyl halides is 3. The van der Waals surface area contributed by atoms with Gasteiger partial charge in [-0.05, 0) is 13.3 Å². The van der Waals surface area contributed by atoms with E-state index in [1.807, 2.05) is 6.92 Å². The van der Waals surface area contributed by atoms with Gasteiger partial charge in [0.15, 0.2) is 0 Å². The molecule has 1 amide bonds. The number of rotatable bonds is 3. The number of nitrogens with one attached hydrogen (secondary N) is 1. The average molecular weight is 278 g/mol. The van der Waals surface area contributed by atoms with Crippen molar-refractivity contribution in [1.29, 1.82) is 0 Å². The molecule has 0 bridgehead atoms. The molecular formula is C12H17F3N2O2. The Kier molecular flexibility index (Phi) is 3.87. The monoisotopic (exact) mass is 278 g/mol. The van der Waals surface area contributed by atoms with E-state index in [-0.39, 0.29) is 37.6 Å². The number of ether oxygens (including phenoxy) is 1. The molecule has 2 rings (SSSR count). The molecule has 4 nitrogen and oxygen atoms in total. The molecule has 0 atom stereocenters. The summed E-state index contributed by atoms with van der Waals surface area (Å²) in [6.45, 7) is 3.31. The second-order valence-electron chi connectivity index (χ2n) is 5.16. The summed E-state index contributed by atoms with van der Waals surface area (Å²) in [7, 11) is 0. The van der Waals surface area contributed by atoms with Crippen molar-refractivity contribution in [2.45, 2.75) is 25.1 Å². The summed E-state index contributed by atoms with van der Waals surface area (Å²) in [4.78, 5) is 13.2. The van der Waals surface area contributed by atoms with E-state index in [1.54, 1.807) is 0 Å². The Morgan fingerprint density at radius 3 is 2.63 bits per heavy atom. The van der Waals surface area contributed by atoms with Gasteiger partial charge in [-0.15, -0.1) is 0 Å². The zero-order chi connectivity index (χ0) is 14.1. The van der Waals surface area contributed by atoms with E-state index in [0.29, 0.717) is 13.1 Å². The third kappa shape index (κ3) is 3.48. The molecule has 0 radical (unpaired) electrons. The van der Waals surface area contributed by atoms with Gasteiger partial charge < -0.3 is 15.0 Å². The molecule has 0 aromatic rings. The normalized spacial score (nSPS) is 22.7.